The summed E-state index contributed by atoms with van der Waals surface area (Å²) in [4.78, 5) is 23.1. The molecule has 0 aliphatic rings. The Morgan fingerprint density at radius 2 is 2.10 bits per heavy atom. The maximum Gasteiger partial charge on any atom is 0.326 e. The molecule has 1 aromatic heterocycles. The van der Waals surface area contributed by atoms with Crippen LogP contribution in [0.4, 0.5) is 0 Å². The molecule has 0 aliphatic carbocycles. The first kappa shape index (κ1) is 17.5. The number of thioether (sulfide) groups is 1. The third-order valence-corrected chi connectivity index (χ3v) is 4.18. The van der Waals surface area contributed by atoms with Gasteiger partial charge in [-0.2, -0.15) is 0 Å². The lowest BCUT2D eigenvalue weighted by Crippen LogP contribution is -2.45. The van der Waals surface area contributed by atoms with Crippen molar-refractivity contribution in [1.82, 2.24) is 20.1 Å². The van der Waals surface area contributed by atoms with Crippen molar-refractivity contribution in [3.8, 4) is 0 Å². The number of carbonyl (C=O) groups is 2. The fourth-order valence-electron chi connectivity index (χ4n) is 1.72. The number of rotatable bonds is 8. The van der Waals surface area contributed by atoms with Gasteiger partial charge in [-0.3, -0.25) is 4.79 Å². The van der Waals surface area contributed by atoms with Crippen LogP contribution < -0.4 is 5.32 Å². The Hall–Kier alpha value is -1.57. The summed E-state index contributed by atoms with van der Waals surface area (Å²) in [6.45, 7) is 7.70. The van der Waals surface area contributed by atoms with Gasteiger partial charge in [0.2, 0.25) is 5.91 Å². The van der Waals surface area contributed by atoms with Gasteiger partial charge in [-0.1, -0.05) is 32.0 Å². The van der Waals surface area contributed by atoms with E-state index in [0.29, 0.717) is 11.6 Å². The van der Waals surface area contributed by atoms with E-state index >= 15 is 0 Å². The van der Waals surface area contributed by atoms with Crippen LogP contribution in [0.3, 0.4) is 0 Å². The molecule has 2 N–H and O–H groups in total. The van der Waals surface area contributed by atoms with E-state index in [1.54, 1.807) is 6.33 Å². The van der Waals surface area contributed by atoms with Crippen LogP contribution in [0.15, 0.2) is 11.5 Å². The van der Waals surface area contributed by atoms with E-state index in [1.807, 2.05) is 32.3 Å². The standard InChI is InChI=1S/C13H22N4O3S/c1-5-9(4)11(12(19)20)15-10(18)6-21-13-16-14-7-17(13)8(2)3/h7-9,11H,5-6H2,1-4H3,(H,15,18)(H,19,20). The Balaban J connectivity index is 2.57. The normalized spacial score (nSPS) is 14.0. The average Bonchev–Trinajstić information content (AvgIpc) is 2.90. The van der Waals surface area contributed by atoms with Crippen LogP contribution in [0.5, 0.6) is 0 Å². The van der Waals surface area contributed by atoms with Crippen molar-refractivity contribution in [1.29, 1.82) is 0 Å². The number of aromatic nitrogens is 3. The zero-order chi connectivity index (χ0) is 16.0. The number of amides is 1. The second kappa shape index (κ2) is 8.02. The van der Waals surface area contributed by atoms with Gasteiger partial charge < -0.3 is 15.0 Å². The number of nitrogens with one attached hydrogen (secondary N) is 1. The first-order chi connectivity index (χ1) is 9.86. The largest absolute Gasteiger partial charge is 0.480 e. The van der Waals surface area contributed by atoms with Gasteiger partial charge in [-0.15, -0.1) is 10.2 Å². The first-order valence-electron chi connectivity index (χ1n) is 6.91. The lowest BCUT2D eigenvalue weighted by molar-refractivity contribution is -0.143. The molecule has 0 saturated carbocycles. The molecular weight excluding hydrogens is 292 g/mol. The van der Waals surface area contributed by atoms with Crippen LogP contribution in [0.25, 0.3) is 0 Å². The molecule has 0 aliphatic heterocycles. The SMILES string of the molecule is CCC(C)C(NC(=O)CSc1nncn1C(C)C)C(=O)O. The Labute approximate surface area is 128 Å². The van der Waals surface area contributed by atoms with Crippen LogP contribution in [0.2, 0.25) is 0 Å². The summed E-state index contributed by atoms with van der Waals surface area (Å²) >= 11 is 1.25. The second-order valence-electron chi connectivity index (χ2n) is 5.17. The Morgan fingerprint density at radius 1 is 1.43 bits per heavy atom. The zero-order valence-electron chi connectivity index (χ0n) is 12.7. The van der Waals surface area contributed by atoms with E-state index in [4.69, 9.17) is 5.11 Å². The summed E-state index contributed by atoms with van der Waals surface area (Å²) in [5, 5.41) is 20.1. The lowest BCUT2D eigenvalue weighted by Gasteiger charge is -2.20. The van der Waals surface area contributed by atoms with Gasteiger partial charge in [0, 0.05) is 6.04 Å². The number of nitrogens with zero attached hydrogens (tertiary/aromatic N) is 3. The van der Waals surface area contributed by atoms with Crippen molar-refractivity contribution in [2.75, 3.05) is 5.75 Å². The molecule has 0 saturated heterocycles. The lowest BCUT2D eigenvalue weighted by atomic mass is 9.99. The minimum atomic E-state index is -1.01. The fourth-order valence-corrected chi connectivity index (χ4v) is 2.57. The number of carbonyl (C=O) groups excluding carboxylic acids is 1. The van der Waals surface area contributed by atoms with Gasteiger partial charge in [0.15, 0.2) is 5.16 Å². The zero-order valence-corrected chi connectivity index (χ0v) is 13.6. The second-order valence-corrected chi connectivity index (χ2v) is 6.11. The highest BCUT2D eigenvalue weighted by Crippen LogP contribution is 2.18. The van der Waals surface area contributed by atoms with Gasteiger partial charge in [0.05, 0.1) is 5.75 Å². The number of hydrogen-bond acceptors (Lipinski definition) is 5. The Kier molecular flexibility index (Phi) is 6.67. The molecule has 2 atom stereocenters. The monoisotopic (exact) mass is 314 g/mol. The number of aliphatic carboxylic acids is 1. The highest BCUT2D eigenvalue weighted by atomic mass is 32.2. The number of carboxylic acids is 1. The first-order valence-corrected chi connectivity index (χ1v) is 7.89. The quantitative estimate of drug-likeness (QED) is 0.707. The molecule has 2 unspecified atom stereocenters. The summed E-state index contributed by atoms with van der Waals surface area (Å²) in [6, 6.07) is -0.650. The van der Waals surface area contributed by atoms with E-state index in [2.05, 4.69) is 15.5 Å². The van der Waals surface area contributed by atoms with Crippen molar-refractivity contribution >= 4 is 23.6 Å². The van der Waals surface area contributed by atoms with E-state index in [-0.39, 0.29) is 23.6 Å². The third-order valence-electron chi connectivity index (χ3n) is 3.22. The van der Waals surface area contributed by atoms with Gasteiger partial charge in [0.25, 0.3) is 0 Å². The molecule has 0 fully saturated rings. The third kappa shape index (κ3) is 5.04. The highest BCUT2D eigenvalue weighted by molar-refractivity contribution is 7.99. The molecule has 1 amide bonds. The van der Waals surface area contributed by atoms with E-state index in [1.165, 1.54) is 11.8 Å². The van der Waals surface area contributed by atoms with Crippen molar-refractivity contribution in [2.45, 2.75) is 51.4 Å². The van der Waals surface area contributed by atoms with Gasteiger partial charge in [-0.25, -0.2) is 4.79 Å². The van der Waals surface area contributed by atoms with Gasteiger partial charge in [0.1, 0.15) is 12.4 Å². The molecule has 0 spiro atoms. The average molecular weight is 314 g/mol. The maximum absolute atomic E-state index is 11.9. The van der Waals surface area contributed by atoms with Gasteiger partial charge in [-0.05, 0) is 19.8 Å². The van der Waals surface area contributed by atoms with E-state index < -0.39 is 12.0 Å². The number of hydrogen-bond donors (Lipinski definition) is 2. The smallest absolute Gasteiger partial charge is 0.326 e. The molecule has 1 rings (SSSR count). The highest BCUT2D eigenvalue weighted by Gasteiger charge is 2.25. The van der Waals surface area contributed by atoms with Crippen LogP contribution in [-0.4, -0.2) is 43.5 Å². The predicted octanol–water partition coefficient (Wildman–Crippen LogP) is 1.57. The van der Waals surface area contributed by atoms with Gasteiger partial charge >= 0.3 is 5.97 Å². The minimum Gasteiger partial charge on any atom is -0.480 e. The summed E-state index contributed by atoms with van der Waals surface area (Å²) in [6.07, 6.45) is 2.30. The molecule has 8 heteroatoms. The van der Waals surface area contributed by atoms with Crippen LogP contribution in [0, 0.1) is 5.92 Å². The van der Waals surface area contributed by atoms with Crippen LogP contribution >= 0.6 is 11.8 Å². The molecule has 1 heterocycles. The van der Waals surface area contributed by atoms with E-state index in [9.17, 15) is 9.59 Å². The van der Waals surface area contributed by atoms with Crippen molar-refractivity contribution in [3.05, 3.63) is 6.33 Å². The molecule has 1 aromatic rings. The Bertz CT molecular complexity index is 490. The predicted molar refractivity (Wildman–Crippen MR) is 80.2 cm³/mol. The molecular formula is C13H22N4O3S. The maximum atomic E-state index is 11.9. The molecule has 0 radical (unpaired) electrons. The summed E-state index contributed by atoms with van der Waals surface area (Å²) < 4.78 is 1.86. The van der Waals surface area contributed by atoms with Crippen molar-refractivity contribution in [3.63, 3.8) is 0 Å². The topological polar surface area (TPSA) is 97.1 Å². The molecule has 0 bridgehead atoms. The van der Waals surface area contributed by atoms with Crippen LogP contribution in [-0.2, 0) is 9.59 Å². The summed E-state index contributed by atoms with van der Waals surface area (Å²) in [7, 11) is 0. The minimum absolute atomic E-state index is 0.115. The van der Waals surface area contributed by atoms with E-state index in [0.717, 1.165) is 0 Å². The number of carboxylic acid groups (broad SMARTS) is 1. The van der Waals surface area contributed by atoms with Crippen molar-refractivity contribution < 1.29 is 14.7 Å². The molecule has 21 heavy (non-hydrogen) atoms. The molecule has 0 aromatic carbocycles. The summed E-state index contributed by atoms with van der Waals surface area (Å²) in [5.74, 6) is -1.32. The van der Waals surface area contributed by atoms with Crippen LogP contribution in [0.1, 0.15) is 40.2 Å². The molecule has 7 nitrogen and oxygen atoms in total. The Morgan fingerprint density at radius 3 is 2.62 bits per heavy atom. The summed E-state index contributed by atoms with van der Waals surface area (Å²) in [5.41, 5.74) is 0. The fraction of sp³-hybridized carbons (Fsp3) is 0.692. The van der Waals surface area contributed by atoms with Crippen molar-refractivity contribution in [2.24, 2.45) is 5.92 Å². The molecule has 118 valence electrons.